The number of carbonyl (C=O) groups excluding carboxylic acids is 1. The minimum atomic E-state index is -0.781. The van der Waals surface area contributed by atoms with Gasteiger partial charge in [0, 0.05) is 23.6 Å². The summed E-state index contributed by atoms with van der Waals surface area (Å²) < 4.78 is 6.40. The van der Waals surface area contributed by atoms with Gasteiger partial charge in [0.25, 0.3) is 17.3 Å². The zero-order valence-electron chi connectivity index (χ0n) is 23.9. The highest BCUT2D eigenvalue weighted by atomic mass is 16.6. The van der Waals surface area contributed by atoms with Gasteiger partial charge >= 0.3 is 0 Å². The molecule has 0 bridgehead atoms. The molecular weight excluding hydrogens is 538 g/mol. The van der Waals surface area contributed by atoms with Crippen LogP contribution in [0.5, 0.6) is 5.75 Å². The number of fused-ring (bicyclic) bond motifs is 3. The first-order valence-electron chi connectivity index (χ1n) is 14.5. The summed E-state index contributed by atoms with van der Waals surface area (Å²) in [5.41, 5.74) is 0.709. The van der Waals surface area contributed by atoms with E-state index in [2.05, 4.69) is 18.8 Å². The van der Waals surface area contributed by atoms with Crippen molar-refractivity contribution in [3.63, 3.8) is 0 Å². The first kappa shape index (κ1) is 29.3. The first-order valence-corrected chi connectivity index (χ1v) is 14.5. The largest absolute Gasteiger partial charge is 0.508 e. The minimum Gasteiger partial charge on any atom is -0.508 e. The molecule has 0 radical (unpaired) electrons. The summed E-state index contributed by atoms with van der Waals surface area (Å²) in [5, 5.41) is 34.8. The second kappa shape index (κ2) is 12.0. The number of ether oxygens (including phenoxy) is 1. The van der Waals surface area contributed by atoms with Crippen LogP contribution in [0.4, 0.5) is 11.4 Å². The molecule has 0 heterocycles. The minimum absolute atomic E-state index is 0.0869. The van der Waals surface area contributed by atoms with Gasteiger partial charge in [0.15, 0.2) is 0 Å². The van der Waals surface area contributed by atoms with Gasteiger partial charge in [-0.05, 0) is 87.3 Å². The molecule has 3 aromatic rings. The van der Waals surface area contributed by atoms with Crippen molar-refractivity contribution in [3.8, 4) is 5.75 Å². The molecule has 42 heavy (non-hydrogen) atoms. The van der Waals surface area contributed by atoms with Crippen LogP contribution in [0.3, 0.4) is 0 Å². The predicted molar refractivity (Wildman–Crippen MR) is 159 cm³/mol. The van der Waals surface area contributed by atoms with Crippen LogP contribution in [-0.4, -0.2) is 38.3 Å². The summed E-state index contributed by atoms with van der Waals surface area (Å²) in [6, 6.07) is 11.9. The molecule has 0 aromatic heterocycles. The van der Waals surface area contributed by atoms with Gasteiger partial charge in [-0.3, -0.25) is 25.0 Å². The molecule has 2 aliphatic carbocycles. The molecule has 1 N–H and O–H groups in total. The number of nitro benzene ring substituents is 2. The maximum atomic E-state index is 13.5. The zero-order valence-corrected chi connectivity index (χ0v) is 23.9. The fourth-order valence-electron chi connectivity index (χ4n) is 6.36. The van der Waals surface area contributed by atoms with Gasteiger partial charge in [-0.2, -0.15) is 0 Å². The molecule has 1 saturated carbocycles. The summed E-state index contributed by atoms with van der Waals surface area (Å²) in [5.74, 6) is -0.786. The van der Waals surface area contributed by atoms with E-state index in [1.807, 2.05) is 12.1 Å². The average Bonchev–Trinajstić information content (AvgIpc) is 3.45. The Kier molecular flexibility index (Phi) is 8.36. The smallest absolute Gasteiger partial charge is 0.277 e. The number of nitro groups is 2. The Morgan fingerprint density at radius 1 is 1.00 bits per heavy atom. The quantitative estimate of drug-likeness (QED) is 0.206. The van der Waals surface area contributed by atoms with Gasteiger partial charge in [0.05, 0.1) is 38.9 Å². The van der Waals surface area contributed by atoms with Crippen LogP contribution in [0.15, 0.2) is 53.5 Å². The summed E-state index contributed by atoms with van der Waals surface area (Å²) in [6.45, 7) is 4.23. The summed E-state index contributed by atoms with van der Waals surface area (Å²) in [6.07, 6.45) is 8.83. The number of amides is 1. The van der Waals surface area contributed by atoms with Gasteiger partial charge in [0.2, 0.25) is 0 Å². The third kappa shape index (κ3) is 6.49. The van der Waals surface area contributed by atoms with Crippen molar-refractivity contribution in [3.05, 3.63) is 85.4 Å². The lowest BCUT2D eigenvalue weighted by Crippen LogP contribution is -2.30. The predicted octanol–water partition coefficient (Wildman–Crippen LogP) is 7.46. The van der Waals surface area contributed by atoms with E-state index in [4.69, 9.17) is 4.74 Å². The number of aliphatic imine (C=N–C) groups is 1. The Morgan fingerprint density at radius 3 is 2.33 bits per heavy atom. The van der Waals surface area contributed by atoms with Crippen molar-refractivity contribution in [1.29, 1.82) is 0 Å². The third-order valence-corrected chi connectivity index (χ3v) is 8.41. The number of aryl methyl sites for hydroxylation is 1. The van der Waals surface area contributed by atoms with Crippen molar-refractivity contribution in [1.82, 2.24) is 0 Å². The maximum Gasteiger partial charge on any atom is 0.277 e. The molecule has 10 nitrogen and oxygen atoms in total. The second-order valence-corrected chi connectivity index (χ2v) is 12.0. The van der Waals surface area contributed by atoms with Crippen molar-refractivity contribution in [2.75, 3.05) is 0 Å². The fraction of sp³-hybridized carbons (Fsp3) is 0.438. The highest BCUT2D eigenvalue weighted by molar-refractivity contribution is 6.18. The monoisotopic (exact) mass is 573 g/mol. The Bertz CT molecular complexity index is 1540. The van der Waals surface area contributed by atoms with E-state index in [-0.39, 0.29) is 22.8 Å². The second-order valence-electron chi connectivity index (χ2n) is 12.0. The molecule has 10 heteroatoms. The Balaban J connectivity index is 1.51. The molecule has 0 spiro atoms. The fourth-order valence-corrected chi connectivity index (χ4v) is 6.36. The van der Waals surface area contributed by atoms with E-state index < -0.39 is 27.1 Å². The standard InChI is InChI=1S/C32H35N3O7/c1-32(2,42-27-7-3-4-8-27)15-5-6-22-12-11-21-10-9-20-13-14-26(36)19-28(20)29(21)30(22)33-31(37)23-16-24(34(38)39)18-25(17-23)35(40)41/h9-10,13-14,16-19,22,27,36H,3-8,11-12,15H2,1-2H3/t22-/m0/s1. The van der Waals surface area contributed by atoms with Crippen molar-refractivity contribution < 1.29 is 24.5 Å². The highest BCUT2D eigenvalue weighted by Crippen LogP contribution is 2.37. The van der Waals surface area contributed by atoms with Crippen molar-refractivity contribution >= 4 is 33.8 Å². The molecule has 2 aliphatic rings. The molecule has 3 aromatic carbocycles. The summed E-state index contributed by atoms with van der Waals surface area (Å²) in [4.78, 5) is 39.4. The Labute approximate surface area is 243 Å². The maximum absolute atomic E-state index is 13.5. The number of non-ortho nitro benzene ring substituents is 2. The van der Waals surface area contributed by atoms with Crippen LogP contribution < -0.4 is 0 Å². The number of hydrogen-bond donors (Lipinski definition) is 1. The molecule has 1 atom stereocenters. The zero-order chi connectivity index (χ0) is 30.0. The molecule has 0 saturated heterocycles. The van der Waals surface area contributed by atoms with E-state index in [0.29, 0.717) is 11.8 Å². The Morgan fingerprint density at radius 2 is 1.67 bits per heavy atom. The number of nitrogens with zero attached hydrogens (tertiary/aromatic N) is 3. The van der Waals surface area contributed by atoms with E-state index in [1.165, 1.54) is 12.8 Å². The van der Waals surface area contributed by atoms with Gasteiger partial charge in [0.1, 0.15) is 5.75 Å². The van der Waals surface area contributed by atoms with Gasteiger partial charge in [-0.25, -0.2) is 4.99 Å². The number of aromatic hydroxyl groups is 1. The van der Waals surface area contributed by atoms with Crippen LogP contribution in [-0.2, 0) is 11.2 Å². The SMILES string of the molecule is CC(C)(CCC[C@H]1CCc2ccc3ccc(O)cc3c2C1=NC(=O)c1cc([N+](=O)[O-])cc([N+](=O)[O-])c1)OC1CCCC1. The lowest BCUT2D eigenvalue weighted by Gasteiger charge is -2.31. The van der Waals surface area contributed by atoms with E-state index in [9.17, 15) is 30.1 Å². The molecule has 0 unspecified atom stereocenters. The Hall–Kier alpha value is -4.18. The van der Waals surface area contributed by atoms with E-state index in [0.717, 1.165) is 85.0 Å². The number of phenols is 1. The van der Waals surface area contributed by atoms with Crippen molar-refractivity contribution in [2.24, 2.45) is 10.9 Å². The van der Waals surface area contributed by atoms with Crippen LogP contribution in [0.1, 0.15) is 86.7 Å². The number of rotatable bonds is 9. The van der Waals surface area contributed by atoms with Crippen LogP contribution in [0, 0.1) is 26.1 Å². The van der Waals surface area contributed by atoms with Crippen molar-refractivity contribution in [2.45, 2.75) is 83.3 Å². The van der Waals surface area contributed by atoms with Gasteiger partial charge in [-0.15, -0.1) is 0 Å². The van der Waals surface area contributed by atoms with Crippen LogP contribution >= 0.6 is 0 Å². The molecule has 1 fully saturated rings. The number of carbonyl (C=O) groups is 1. The third-order valence-electron chi connectivity index (χ3n) is 8.41. The van der Waals surface area contributed by atoms with E-state index in [1.54, 1.807) is 18.2 Å². The topological polar surface area (TPSA) is 145 Å². The molecular formula is C32H35N3O7. The summed E-state index contributed by atoms with van der Waals surface area (Å²) >= 11 is 0. The lowest BCUT2D eigenvalue weighted by atomic mass is 9.77. The first-order chi connectivity index (χ1) is 20.0. The summed E-state index contributed by atoms with van der Waals surface area (Å²) in [7, 11) is 0. The van der Waals surface area contributed by atoms with Crippen LogP contribution in [0.25, 0.3) is 10.8 Å². The molecule has 220 valence electrons. The van der Waals surface area contributed by atoms with E-state index >= 15 is 0 Å². The number of phenolic OH excluding ortho intramolecular Hbond substituents is 1. The normalized spacial score (nSPS) is 18.3. The van der Waals surface area contributed by atoms with Gasteiger partial charge in [-0.1, -0.05) is 31.0 Å². The molecule has 1 amide bonds. The lowest BCUT2D eigenvalue weighted by molar-refractivity contribution is -0.394. The van der Waals surface area contributed by atoms with Crippen LogP contribution in [0.2, 0.25) is 0 Å². The highest BCUT2D eigenvalue weighted by Gasteiger charge is 2.31. The molecule has 0 aliphatic heterocycles. The average molecular weight is 574 g/mol. The number of benzene rings is 3. The van der Waals surface area contributed by atoms with Gasteiger partial charge < -0.3 is 9.84 Å². The molecule has 5 rings (SSSR count). The number of hydrogen-bond acceptors (Lipinski definition) is 7.